The second kappa shape index (κ2) is 3.55. The summed E-state index contributed by atoms with van der Waals surface area (Å²) in [6, 6.07) is 9.10. The summed E-state index contributed by atoms with van der Waals surface area (Å²) >= 11 is -1.60. The van der Waals surface area contributed by atoms with Crippen LogP contribution in [0.15, 0.2) is 30.3 Å². The van der Waals surface area contributed by atoms with Gasteiger partial charge in [0.2, 0.25) is 0 Å². The van der Waals surface area contributed by atoms with Crippen molar-refractivity contribution >= 4 is 30.5 Å². The molecule has 2 N–H and O–H groups in total. The predicted octanol–water partition coefficient (Wildman–Crippen LogP) is -0.780. The Kier molecular flexibility index (Phi) is 2.91. The fourth-order valence-electron chi connectivity index (χ4n) is 0.670. The summed E-state index contributed by atoms with van der Waals surface area (Å²) in [4.78, 5) is 0. The zero-order valence-corrected chi connectivity index (χ0v) is 9.36. The Hall–Kier alpha value is -0.0713. The summed E-state index contributed by atoms with van der Waals surface area (Å²) in [5.41, 5.74) is 0. The van der Waals surface area contributed by atoms with Crippen LogP contribution in [0, 0.1) is 0 Å². The van der Waals surface area contributed by atoms with Crippen LogP contribution in [0.5, 0.6) is 0 Å². The van der Waals surface area contributed by atoms with Crippen LogP contribution in [-0.4, -0.2) is 28.2 Å². The first-order valence-electron chi connectivity index (χ1n) is 2.93. The van der Waals surface area contributed by atoms with Crippen LogP contribution >= 0.6 is 0 Å². The molecular weight excluding hydrogens is 269 g/mol. The molecule has 0 bridgehead atoms. The quantitative estimate of drug-likeness (QED) is 0.720. The van der Waals surface area contributed by atoms with Gasteiger partial charge >= 0.3 is 74.4 Å². The van der Waals surface area contributed by atoms with Crippen molar-refractivity contribution < 1.29 is 8.42 Å². The van der Waals surface area contributed by atoms with Gasteiger partial charge in [0.05, 0.1) is 0 Å². The molecule has 0 unspecified atom stereocenters. The van der Waals surface area contributed by atoms with Crippen LogP contribution in [0.25, 0.3) is 0 Å². The Labute approximate surface area is 74.3 Å². The number of benzene rings is 1. The predicted molar refractivity (Wildman–Crippen MR) is 44.9 cm³/mol. The van der Waals surface area contributed by atoms with Crippen LogP contribution in [0.4, 0.5) is 0 Å². The Bertz CT molecular complexity index is 322. The zero-order chi connectivity index (χ0) is 8.32. The molecule has 0 atom stereocenters. The molecule has 0 spiro atoms. The van der Waals surface area contributed by atoms with Gasteiger partial charge in [0.25, 0.3) is 0 Å². The van der Waals surface area contributed by atoms with Gasteiger partial charge in [-0.1, -0.05) is 0 Å². The van der Waals surface area contributed by atoms with Gasteiger partial charge in [-0.15, -0.1) is 0 Å². The van der Waals surface area contributed by atoms with Crippen LogP contribution < -0.4 is 8.72 Å². The van der Waals surface area contributed by atoms with E-state index >= 15 is 0 Å². The van der Waals surface area contributed by atoms with Crippen molar-refractivity contribution in [3.05, 3.63) is 30.3 Å². The molecule has 0 heterocycles. The second-order valence-electron chi connectivity index (χ2n) is 2.01. The first-order valence-corrected chi connectivity index (χ1v) is 9.40. The summed E-state index contributed by atoms with van der Waals surface area (Å²) in [6.07, 6.45) is 0. The van der Waals surface area contributed by atoms with Crippen molar-refractivity contribution in [1.82, 2.24) is 0 Å². The molecule has 0 saturated heterocycles. The standard InChI is InChI=1S/C6H5.H2NO2S.Sn/c1-2-4-6-5-3-1;1-4(2)3;/h1-5H;(H2,1,2,3);. The van der Waals surface area contributed by atoms with Gasteiger partial charge in [-0.25, -0.2) is 0 Å². The molecule has 0 aromatic heterocycles. The molecule has 5 heteroatoms. The monoisotopic (exact) mass is 277 g/mol. The average molecular weight is 276 g/mol. The third-order valence-corrected chi connectivity index (χ3v) is 6.96. The van der Waals surface area contributed by atoms with Gasteiger partial charge in [0.1, 0.15) is 0 Å². The summed E-state index contributed by atoms with van der Waals surface area (Å²) in [7, 11) is -3.21. The number of rotatable bonds is 2. The second-order valence-corrected chi connectivity index (χ2v) is 11.6. The molecule has 1 aromatic rings. The minimum atomic E-state index is -3.21. The van der Waals surface area contributed by atoms with Crippen molar-refractivity contribution in [2.24, 2.45) is 5.14 Å². The van der Waals surface area contributed by atoms with Gasteiger partial charge in [-0.2, -0.15) is 0 Å². The Balaban J connectivity index is 2.82. The first kappa shape index (κ1) is 9.02. The molecule has 1 rings (SSSR count). The summed E-state index contributed by atoms with van der Waals surface area (Å²) in [6.45, 7) is 0. The van der Waals surface area contributed by atoms with E-state index in [0.29, 0.717) is 0 Å². The molecule has 0 aliphatic heterocycles. The van der Waals surface area contributed by atoms with Crippen molar-refractivity contribution in [1.29, 1.82) is 0 Å². The number of nitrogens with two attached hydrogens (primary N) is 1. The normalized spacial score (nSPS) is 11.4. The van der Waals surface area contributed by atoms with Gasteiger partial charge < -0.3 is 0 Å². The topological polar surface area (TPSA) is 60.2 Å². The van der Waals surface area contributed by atoms with E-state index in [1.807, 2.05) is 18.2 Å². The maximum absolute atomic E-state index is 10.7. The van der Waals surface area contributed by atoms with E-state index in [4.69, 9.17) is 5.14 Å². The van der Waals surface area contributed by atoms with Crippen molar-refractivity contribution in [3.63, 3.8) is 0 Å². The Morgan fingerprint density at radius 2 is 1.73 bits per heavy atom. The fraction of sp³-hybridized carbons (Fsp3) is 0. The third-order valence-electron chi connectivity index (χ3n) is 1.03. The summed E-state index contributed by atoms with van der Waals surface area (Å²) < 4.78 is 22.2. The minimum absolute atomic E-state index is 0.888. The fourth-order valence-corrected chi connectivity index (χ4v) is 5.66. The Morgan fingerprint density at radius 3 is 2.18 bits per heavy atom. The third kappa shape index (κ3) is 3.73. The first-order chi connectivity index (χ1) is 5.08. The molecule has 2 radical (unpaired) electrons. The van der Waals surface area contributed by atoms with Crippen LogP contribution in [0.1, 0.15) is 0 Å². The van der Waals surface area contributed by atoms with E-state index in [9.17, 15) is 8.42 Å². The van der Waals surface area contributed by atoms with Crippen molar-refractivity contribution in [3.8, 4) is 0 Å². The summed E-state index contributed by atoms with van der Waals surface area (Å²) in [5, 5.41) is 4.92. The van der Waals surface area contributed by atoms with Crippen molar-refractivity contribution in [2.75, 3.05) is 0 Å². The number of hydrogen-bond donors (Lipinski definition) is 1. The molecule has 58 valence electrons. The number of hydrogen-bond acceptors (Lipinski definition) is 2. The molecule has 0 aliphatic carbocycles. The van der Waals surface area contributed by atoms with E-state index in [1.165, 1.54) is 0 Å². The molecular formula is C6H7NO2SSn. The van der Waals surface area contributed by atoms with Gasteiger partial charge in [0, 0.05) is 0 Å². The zero-order valence-electron chi connectivity index (χ0n) is 5.69. The SMILES string of the molecule is N[S](=O)(=O)[Sn][c]1ccccc1. The van der Waals surface area contributed by atoms with E-state index in [0.717, 1.165) is 3.58 Å². The van der Waals surface area contributed by atoms with E-state index in [1.54, 1.807) is 12.1 Å². The van der Waals surface area contributed by atoms with E-state index in [2.05, 4.69) is 0 Å². The van der Waals surface area contributed by atoms with Crippen LogP contribution in [0.3, 0.4) is 0 Å². The molecule has 3 nitrogen and oxygen atoms in total. The van der Waals surface area contributed by atoms with E-state index < -0.39 is 27.0 Å². The molecule has 1 aromatic carbocycles. The van der Waals surface area contributed by atoms with Gasteiger partial charge in [-0.3, -0.25) is 0 Å². The van der Waals surface area contributed by atoms with Gasteiger partial charge in [-0.05, 0) is 0 Å². The molecule has 0 saturated carbocycles. The molecule has 11 heavy (non-hydrogen) atoms. The average Bonchev–Trinajstić information content (AvgIpc) is 1.85. The van der Waals surface area contributed by atoms with Crippen LogP contribution in [0.2, 0.25) is 0 Å². The van der Waals surface area contributed by atoms with Gasteiger partial charge in [0.15, 0.2) is 0 Å². The molecule has 0 amide bonds. The van der Waals surface area contributed by atoms with Crippen LogP contribution in [-0.2, 0) is 7.21 Å². The maximum atomic E-state index is 10.7. The Morgan fingerprint density at radius 1 is 1.18 bits per heavy atom. The van der Waals surface area contributed by atoms with Crippen molar-refractivity contribution in [2.45, 2.75) is 0 Å². The molecule has 0 fully saturated rings. The van der Waals surface area contributed by atoms with E-state index in [-0.39, 0.29) is 0 Å². The molecule has 0 aliphatic rings. The summed E-state index contributed by atoms with van der Waals surface area (Å²) in [5.74, 6) is 0.